The van der Waals surface area contributed by atoms with Gasteiger partial charge in [-0.1, -0.05) is 30.3 Å². The Balaban J connectivity index is 1.12. The molecule has 176 valence electrons. The van der Waals surface area contributed by atoms with Crippen LogP contribution in [0.3, 0.4) is 0 Å². The standard InChI is InChI=1S/C26H28N4O4/c31-23(32)15-19-16-26(17-19)10-12-30(13-11-26)21-8-6-20(7-9-21)27-24(33)25-29-28-22(34-25)14-18-4-2-1-3-5-18/h1-9,19H,10-17H2,(H,27,33)(H,31,32). The van der Waals surface area contributed by atoms with Crippen molar-refractivity contribution in [2.24, 2.45) is 11.3 Å². The van der Waals surface area contributed by atoms with Crippen LogP contribution >= 0.6 is 0 Å². The largest absolute Gasteiger partial charge is 0.481 e. The summed E-state index contributed by atoms with van der Waals surface area (Å²) in [6.07, 6.45) is 5.07. The number of piperidine rings is 1. The quantitative estimate of drug-likeness (QED) is 0.538. The minimum Gasteiger partial charge on any atom is -0.481 e. The van der Waals surface area contributed by atoms with Crippen LogP contribution < -0.4 is 10.2 Å². The number of amides is 1. The van der Waals surface area contributed by atoms with Gasteiger partial charge in [-0.2, -0.15) is 0 Å². The van der Waals surface area contributed by atoms with Gasteiger partial charge >= 0.3 is 17.8 Å². The third-order valence-electron chi connectivity index (χ3n) is 7.08. The minimum absolute atomic E-state index is 0.0574. The summed E-state index contributed by atoms with van der Waals surface area (Å²) >= 11 is 0. The molecule has 2 N–H and O–H groups in total. The molecule has 2 aromatic carbocycles. The van der Waals surface area contributed by atoms with E-state index in [0.29, 0.717) is 35.8 Å². The molecule has 8 nitrogen and oxygen atoms in total. The van der Waals surface area contributed by atoms with Crippen LogP contribution in [0.15, 0.2) is 59.0 Å². The summed E-state index contributed by atoms with van der Waals surface area (Å²) in [5.74, 6) is -0.426. The molecule has 1 aliphatic carbocycles. The number of carboxylic acid groups (broad SMARTS) is 1. The van der Waals surface area contributed by atoms with Crippen LogP contribution in [0.1, 0.15) is 54.2 Å². The molecule has 2 heterocycles. The van der Waals surface area contributed by atoms with Crippen LogP contribution in [0, 0.1) is 11.3 Å². The second-order valence-corrected chi connectivity index (χ2v) is 9.52. The number of nitrogens with one attached hydrogen (secondary N) is 1. The van der Waals surface area contributed by atoms with Gasteiger partial charge < -0.3 is 19.7 Å². The van der Waals surface area contributed by atoms with E-state index in [-0.39, 0.29) is 5.89 Å². The lowest BCUT2D eigenvalue weighted by Crippen LogP contribution is -2.47. The van der Waals surface area contributed by atoms with Gasteiger partial charge in [0.1, 0.15) is 0 Å². The molecule has 1 amide bonds. The van der Waals surface area contributed by atoms with Gasteiger partial charge in [-0.15, -0.1) is 10.2 Å². The summed E-state index contributed by atoms with van der Waals surface area (Å²) in [6.45, 7) is 1.94. The Labute approximate surface area is 198 Å². The Morgan fingerprint density at radius 1 is 1.03 bits per heavy atom. The number of nitrogens with zero attached hydrogens (tertiary/aromatic N) is 3. The number of carbonyl (C=O) groups excluding carboxylic acids is 1. The lowest BCUT2D eigenvalue weighted by atomic mass is 9.57. The number of carbonyl (C=O) groups is 2. The number of hydrogen-bond acceptors (Lipinski definition) is 6. The molecule has 0 unspecified atom stereocenters. The number of carboxylic acids is 1. The third kappa shape index (κ3) is 4.95. The highest BCUT2D eigenvalue weighted by Crippen LogP contribution is 2.53. The molecular formula is C26H28N4O4. The van der Waals surface area contributed by atoms with E-state index in [2.05, 4.69) is 20.4 Å². The van der Waals surface area contributed by atoms with Crippen LogP contribution in [0.5, 0.6) is 0 Å². The molecule has 0 bridgehead atoms. The van der Waals surface area contributed by atoms with Crippen molar-refractivity contribution in [1.29, 1.82) is 0 Å². The maximum atomic E-state index is 12.5. The Hall–Kier alpha value is -3.68. The van der Waals surface area contributed by atoms with Crippen LogP contribution in [0.4, 0.5) is 11.4 Å². The molecule has 1 saturated carbocycles. The highest BCUT2D eigenvalue weighted by atomic mass is 16.4. The van der Waals surface area contributed by atoms with Gasteiger partial charge in [0.05, 0.1) is 6.42 Å². The first-order chi connectivity index (χ1) is 16.5. The SMILES string of the molecule is O=C(O)CC1CC2(CCN(c3ccc(NC(=O)c4nnc(Cc5ccccc5)o4)cc3)CC2)C1. The van der Waals surface area contributed by atoms with Crippen molar-refractivity contribution in [2.45, 2.75) is 38.5 Å². The average molecular weight is 461 g/mol. The van der Waals surface area contributed by atoms with Crippen molar-refractivity contribution in [1.82, 2.24) is 10.2 Å². The van der Waals surface area contributed by atoms with E-state index in [0.717, 1.165) is 50.0 Å². The van der Waals surface area contributed by atoms with Gasteiger partial charge in [0.15, 0.2) is 0 Å². The molecule has 3 aromatic rings. The zero-order chi connectivity index (χ0) is 23.5. The third-order valence-corrected chi connectivity index (χ3v) is 7.08. The van der Waals surface area contributed by atoms with Crippen molar-refractivity contribution in [3.63, 3.8) is 0 Å². The van der Waals surface area contributed by atoms with E-state index in [1.807, 2.05) is 54.6 Å². The van der Waals surface area contributed by atoms with Crippen LogP contribution in [-0.4, -0.2) is 40.3 Å². The van der Waals surface area contributed by atoms with Crippen LogP contribution in [0.25, 0.3) is 0 Å². The smallest absolute Gasteiger partial charge is 0.313 e. The molecular weight excluding hydrogens is 432 g/mol. The fourth-order valence-corrected chi connectivity index (χ4v) is 5.33. The number of aliphatic carboxylic acids is 1. The number of benzene rings is 2. The molecule has 1 saturated heterocycles. The van der Waals surface area contributed by atoms with Gasteiger partial charge in [-0.3, -0.25) is 9.59 Å². The van der Waals surface area contributed by atoms with E-state index in [4.69, 9.17) is 9.52 Å². The summed E-state index contributed by atoms with van der Waals surface area (Å²) < 4.78 is 5.53. The molecule has 0 atom stereocenters. The molecule has 2 aliphatic rings. The highest BCUT2D eigenvalue weighted by molar-refractivity contribution is 6.00. The summed E-state index contributed by atoms with van der Waals surface area (Å²) in [5, 5.41) is 19.6. The van der Waals surface area contributed by atoms with Gasteiger partial charge in [-0.05, 0) is 66.8 Å². The Morgan fingerprint density at radius 3 is 2.41 bits per heavy atom. The number of aromatic nitrogens is 2. The van der Waals surface area contributed by atoms with E-state index < -0.39 is 11.9 Å². The van der Waals surface area contributed by atoms with Gasteiger partial charge in [-0.25, -0.2) is 0 Å². The topological polar surface area (TPSA) is 109 Å². The average Bonchev–Trinajstić information content (AvgIpc) is 3.28. The first-order valence-corrected chi connectivity index (χ1v) is 11.7. The molecule has 1 aromatic heterocycles. The highest BCUT2D eigenvalue weighted by Gasteiger charge is 2.46. The number of rotatable bonds is 7. The molecule has 8 heteroatoms. The van der Waals surface area contributed by atoms with Crippen LogP contribution in [-0.2, 0) is 11.2 Å². The summed E-state index contributed by atoms with van der Waals surface area (Å²) in [7, 11) is 0. The van der Waals surface area contributed by atoms with Crippen molar-refractivity contribution in [3.8, 4) is 0 Å². The van der Waals surface area contributed by atoms with Crippen molar-refractivity contribution in [3.05, 3.63) is 71.9 Å². The van der Waals surface area contributed by atoms with Crippen molar-refractivity contribution < 1.29 is 19.1 Å². The monoisotopic (exact) mass is 460 g/mol. The fourth-order valence-electron chi connectivity index (χ4n) is 5.33. The number of anilines is 2. The zero-order valence-electron chi connectivity index (χ0n) is 18.9. The Bertz CT molecular complexity index is 1140. The second kappa shape index (κ2) is 9.29. The summed E-state index contributed by atoms with van der Waals surface area (Å²) in [6, 6.07) is 17.5. The first kappa shape index (κ1) is 22.1. The predicted molar refractivity (Wildman–Crippen MR) is 127 cm³/mol. The van der Waals surface area contributed by atoms with E-state index in [9.17, 15) is 9.59 Å². The van der Waals surface area contributed by atoms with Crippen LogP contribution in [0.2, 0.25) is 0 Å². The summed E-state index contributed by atoms with van der Waals surface area (Å²) in [4.78, 5) is 25.8. The Morgan fingerprint density at radius 2 is 1.74 bits per heavy atom. The van der Waals surface area contributed by atoms with E-state index in [1.165, 1.54) is 0 Å². The second-order valence-electron chi connectivity index (χ2n) is 9.52. The van der Waals surface area contributed by atoms with Crippen molar-refractivity contribution in [2.75, 3.05) is 23.3 Å². The molecule has 2 fully saturated rings. The Kier molecular flexibility index (Phi) is 6.04. The maximum Gasteiger partial charge on any atom is 0.313 e. The van der Waals surface area contributed by atoms with E-state index in [1.54, 1.807) is 0 Å². The zero-order valence-corrected chi connectivity index (χ0v) is 18.9. The van der Waals surface area contributed by atoms with Crippen molar-refractivity contribution >= 4 is 23.3 Å². The summed E-state index contributed by atoms with van der Waals surface area (Å²) in [5.41, 5.74) is 3.17. The normalized spacial score (nSPS) is 17.4. The molecule has 1 spiro atoms. The van der Waals surface area contributed by atoms with Gasteiger partial charge in [0, 0.05) is 30.9 Å². The minimum atomic E-state index is -0.684. The molecule has 5 rings (SSSR count). The fraction of sp³-hybridized carbons (Fsp3) is 0.385. The molecule has 34 heavy (non-hydrogen) atoms. The first-order valence-electron chi connectivity index (χ1n) is 11.7. The van der Waals surface area contributed by atoms with E-state index >= 15 is 0 Å². The van der Waals surface area contributed by atoms with Gasteiger partial charge in [0.25, 0.3) is 0 Å². The lowest BCUT2D eigenvalue weighted by Gasteiger charge is -2.52. The molecule has 0 radical (unpaired) electrons. The van der Waals surface area contributed by atoms with Gasteiger partial charge in [0.2, 0.25) is 5.89 Å². The molecule has 1 aliphatic heterocycles. The maximum absolute atomic E-state index is 12.5. The number of hydrogen-bond donors (Lipinski definition) is 2. The predicted octanol–water partition coefficient (Wildman–Crippen LogP) is 4.38. The lowest BCUT2D eigenvalue weighted by molar-refractivity contribution is -0.140.